The highest BCUT2D eigenvalue weighted by atomic mass is 35.5. The standard InChI is InChI=1S/C8H8Cl2O/c1-5(11)7-4-6(9)2-3-8(7)10/h2-5,11H,1H3/t5-/m0/s1. The number of aliphatic hydroxyl groups excluding tert-OH is 1. The maximum atomic E-state index is 9.19. The molecule has 0 bridgehead atoms. The molecule has 1 nitrogen and oxygen atoms in total. The summed E-state index contributed by atoms with van der Waals surface area (Å²) in [5.74, 6) is 0. The molecule has 0 aliphatic rings. The molecule has 1 atom stereocenters. The van der Waals surface area contributed by atoms with Crippen LogP contribution in [0.15, 0.2) is 18.2 Å². The van der Waals surface area contributed by atoms with E-state index >= 15 is 0 Å². The van der Waals surface area contributed by atoms with Gasteiger partial charge in [0.25, 0.3) is 0 Å². The number of aliphatic hydroxyl groups is 1. The highest BCUT2D eigenvalue weighted by Crippen LogP contribution is 2.25. The maximum absolute atomic E-state index is 9.19. The normalized spacial score (nSPS) is 13.1. The Hall–Kier alpha value is -0.240. The first kappa shape index (κ1) is 8.85. The predicted molar refractivity (Wildman–Crippen MR) is 47.1 cm³/mol. The minimum Gasteiger partial charge on any atom is -0.389 e. The van der Waals surface area contributed by atoms with Crippen molar-refractivity contribution in [3.05, 3.63) is 33.8 Å². The van der Waals surface area contributed by atoms with Gasteiger partial charge in [0.05, 0.1) is 6.10 Å². The zero-order valence-corrected chi connectivity index (χ0v) is 7.52. The summed E-state index contributed by atoms with van der Waals surface area (Å²) in [6.45, 7) is 1.65. The van der Waals surface area contributed by atoms with Crippen LogP contribution >= 0.6 is 23.2 Å². The van der Waals surface area contributed by atoms with Gasteiger partial charge in [-0.05, 0) is 25.1 Å². The number of hydrogen-bond donors (Lipinski definition) is 1. The van der Waals surface area contributed by atoms with Crippen molar-refractivity contribution in [2.45, 2.75) is 13.0 Å². The van der Waals surface area contributed by atoms with Crippen molar-refractivity contribution in [1.29, 1.82) is 0 Å². The summed E-state index contributed by atoms with van der Waals surface area (Å²) in [7, 11) is 0. The minimum atomic E-state index is -0.568. The van der Waals surface area contributed by atoms with E-state index in [9.17, 15) is 5.11 Å². The summed E-state index contributed by atoms with van der Waals surface area (Å²) >= 11 is 11.5. The van der Waals surface area contributed by atoms with Crippen LogP contribution in [0, 0.1) is 0 Å². The molecule has 0 aliphatic carbocycles. The molecular weight excluding hydrogens is 183 g/mol. The summed E-state index contributed by atoms with van der Waals surface area (Å²) in [5.41, 5.74) is 0.666. The van der Waals surface area contributed by atoms with E-state index in [1.165, 1.54) is 0 Å². The zero-order valence-electron chi connectivity index (χ0n) is 6.01. The Balaban J connectivity index is 3.13. The molecule has 0 radical (unpaired) electrons. The van der Waals surface area contributed by atoms with Crippen molar-refractivity contribution in [2.24, 2.45) is 0 Å². The van der Waals surface area contributed by atoms with E-state index in [0.717, 1.165) is 0 Å². The molecule has 0 amide bonds. The van der Waals surface area contributed by atoms with Crippen LogP contribution in [-0.2, 0) is 0 Å². The Morgan fingerprint density at radius 3 is 2.45 bits per heavy atom. The number of rotatable bonds is 1. The van der Waals surface area contributed by atoms with Crippen molar-refractivity contribution in [1.82, 2.24) is 0 Å². The van der Waals surface area contributed by atoms with E-state index in [2.05, 4.69) is 0 Å². The molecule has 0 heterocycles. The highest BCUT2D eigenvalue weighted by molar-refractivity contribution is 6.33. The fourth-order valence-corrected chi connectivity index (χ4v) is 1.29. The Morgan fingerprint density at radius 2 is 2.00 bits per heavy atom. The lowest BCUT2D eigenvalue weighted by atomic mass is 10.1. The molecule has 0 saturated heterocycles. The van der Waals surface area contributed by atoms with Crippen LogP contribution in [0.2, 0.25) is 10.0 Å². The van der Waals surface area contributed by atoms with Crippen LogP contribution in [0.1, 0.15) is 18.6 Å². The molecule has 1 rings (SSSR count). The fourth-order valence-electron chi connectivity index (χ4n) is 0.835. The molecule has 1 aromatic rings. The highest BCUT2D eigenvalue weighted by Gasteiger charge is 2.05. The Kier molecular flexibility index (Phi) is 2.77. The third-order valence-corrected chi connectivity index (χ3v) is 1.99. The van der Waals surface area contributed by atoms with Crippen molar-refractivity contribution in [3.8, 4) is 0 Å². The first-order chi connectivity index (χ1) is 5.11. The van der Waals surface area contributed by atoms with Crippen LogP contribution < -0.4 is 0 Å². The van der Waals surface area contributed by atoms with Gasteiger partial charge in [-0.15, -0.1) is 0 Å². The van der Waals surface area contributed by atoms with Gasteiger partial charge in [-0.1, -0.05) is 23.2 Å². The second-order valence-corrected chi connectivity index (χ2v) is 3.19. The first-order valence-electron chi connectivity index (χ1n) is 3.24. The van der Waals surface area contributed by atoms with E-state index in [1.54, 1.807) is 25.1 Å². The molecule has 0 unspecified atom stereocenters. The van der Waals surface area contributed by atoms with E-state index in [4.69, 9.17) is 23.2 Å². The van der Waals surface area contributed by atoms with E-state index in [0.29, 0.717) is 15.6 Å². The number of hydrogen-bond acceptors (Lipinski definition) is 1. The Labute approximate surface area is 75.6 Å². The van der Waals surface area contributed by atoms with Gasteiger partial charge in [-0.25, -0.2) is 0 Å². The topological polar surface area (TPSA) is 20.2 Å². The van der Waals surface area contributed by atoms with Gasteiger partial charge in [0, 0.05) is 15.6 Å². The van der Waals surface area contributed by atoms with Gasteiger partial charge in [0.15, 0.2) is 0 Å². The van der Waals surface area contributed by atoms with Crippen LogP contribution in [-0.4, -0.2) is 5.11 Å². The van der Waals surface area contributed by atoms with Crippen LogP contribution in [0.3, 0.4) is 0 Å². The third kappa shape index (κ3) is 2.09. The molecule has 0 saturated carbocycles. The van der Waals surface area contributed by atoms with Crippen LogP contribution in [0.25, 0.3) is 0 Å². The number of halogens is 2. The second-order valence-electron chi connectivity index (χ2n) is 2.34. The van der Waals surface area contributed by atoms with Gasteiger partial charge < -0.3 is 5.11 Å². The molecule has 1 aromatic carbocycles. The lowest BCUT2D eigenvalue weighted by molar-refractivity contribution is 0.199. The molecule has 11 heavy (non-hydrogen) atoms. The smallest absolute Gasteiger partial charge is 0.0776 e. The van der Waals surface area contributed by atoms with Crippen molar-refractivity contribution >= 4 is 23.2 Å². The SMILES string of the molecule is C[C@H](O)c1cc(Cl)ccc1Cl. The molecule has 60 valence electrons. The largest absolute Gasteiger partial charge is 0.389 e. The fraction of sp³-hybridized carbons (Fsp3) is 0.250. The van der Waals surface area contributed by atoms with Gasteiger partial charge >= 0.3 is 0 Å². The Bertz CT molecular complexity index is 258. The van der Waals surface area contributed by atoms with Gasteiger partial charge in [-0.3, -0.25) is 0 Å². The van der Waals surface area contributed by atoms with E-state index in [-0.39, 0.29) is 0 Å². The molecule has 1 N–H and O–H groups in total. The van der Waals surface area contributed by atoms with Gasteiger partial charge in [0.2, 0.25) is 0 Å². The molecule has 3 heteroatoms. The lowest BCUT2D eigenvalue weighted by Gasteiger charge is -2.06. The zero-order chi connectivity index (χ0) is 8.43. The minimum absolute atomic E-state index is 0.546. The van der Waals surface area contributed by atoms with E-state index in [1.807, 2.05) is 0 Å². The van der Waals surface area contributed by atoms with E-state index < -0.39 is 6.10 Å². The molecule has 0 fully saturated rings. The summed E-state index contributed by atoms with van der Waals surface area (Å²) in [6, 6.07) is 5.02. The summed E-state index contributed by atoms with van der Waals surface area (Å²) in [6.07, 6.45) is -0.568. The van der Waals surface area contributed by atoms with Gasteiger partial charge in [-0.2, -0.15) is 0 Å². The molecular formula is C8H8Cl2O. The second kappa shape index (κ2) is 3.44. The summed E-state index contributed by atoms with van der Waals surface area (Å²) < 4.78 is 0. The molecule has 0 spiro atoms. The third-order valence-electron chi connectivity index (χ3n) is 1.41. The Morgan fingerprint density at radius 1 is 1.36 bits per heavy atom. The average Bonchev–Trinajstić information content (AvgIpc) is 1.94. The number of benzene rings is 1. The van der Waals surface area contributed by atoms with Crippen molar-refractivity contribution in [2.75, 3.05) is 0 Å². The predicted octanol–water partition coefficient (Wildman–Crippen LogP) is 3.05. The summed E-state index contributed by atoms with van der Waals surface area (Å²) in [5, 5.41) is 10.3. The summed E-state index contributed by atoms with van der Waals surface area (Å²) in [4.78, 5) is 0. The van der Waals surface area contributed by atoms with Crippen molar-refractivity contribution in [3.63, 3.8) is 0 Å². The quantitative estimate of drug-likeness (QED) is 0.723. The maximum Gasteiger partial charge on any atom is 0.0776 e. The lowest BCUT2D eigenvalue weighted by Crippen LogP contribution is -1.91. The van der Waals surface area contributed by atoms with Gasteiger partial charge in [0.1, 0.15) is 0 Å². The first-order valence-corrected chi connectivity index (χ1v) is 4.00. The van der Waals surface area contributed by atoms with Crippen molar-refractivity contribution < 1.29 is 5.11 Å². The molecule has 0 aromatic heterocycles. The average molecular weight is 191 g/mol. The monoisotopic (exact) mass is 190 g/mol. The van der Waals surface area contributed by atoms with Crippen LogP contribution in [0.4, 0.5) is 0 Å². The van der Waals surface area contributed by atoms with Crippen LogP contribution in [0.5, 0.6) is 0 Å². The molecule has 0 aliphatic heterocycles.